The lowest BCUT2D eigenvalue weighted by atomic mass is 9.93. The second-order valence-electron chi connectivity index (χ2n) is 3.36. The number of likely N-dealkylation sites (N-methyl/N-ethyl adjacent to an activating group) is 1. The molecule has 13 heavy (non-hydrogen) atoms. The first-order valence-electron chi connectivity index (χ1n) is 4.22. The van der Waals surface area contributed by atoms with E-state index in [0.29, 0.717) is 11.5 Å². The Balaban J connectivity index is 2.27. The number of fused-ring (bicyclic) bond motifs is 1. The first kappa shape index (κ1) is 8.10. The second kappa shape index (κ2) is 2.76. The number of carboxylic acid groups (broad SMARTS) is 1. The number of hydrogen-bond donors (Lipinski definition) is 1. The Morgan fingerprint density at radius 3 is 3.00 bits per heavy atom. The molecule has 0 spiro atoms. The molecule has 0 saturated heterocycles. The molecule has 0 radical (unpaired) electrons. The minimum Gasteiger partial charge on any atom is -0.478 e. The molecule has 1 heterocycles. The lowest BCUT2D eigenvalue weighted by molar-refractivity contribution is -0.132. The lowest BCUT2D eigenvalue weighted by Crippen LogP contribution is -2.28. The van der Waals surface area contributed by atoms with Crippen molar-refractivity contribution in [2.24, 2.45) is 5.92 Å². The SMILES string of the molecule is CN1C=CC2C=CC(C(=O)O)=CC21. The summed E-state index contributed by atoms with van der Waals surface area (Å²) in [6.07, 6.45) is 9.48. The number of nitrogens with zero attached hydrogens (tertiary/aromatic N) is 1. The van der Waals surface area contributed by atoms with Crippen LogP contribution in [-0.2, 0) is 4.79 Å². The van der Waals surface area contributed by atoms with Crippen LogP contribution < -0.4 is 0 Å². The van der Waals surface area contributed by atoms with Gasteiger partial charge in [0.1, 0.15) is 0 Å². The van der Waals surface area contributed by atoms with Gasteiger partial charge in [0.15, 0.2) is 0 Å². The van der Waals surface area contributed by atoms with E-state index in [9.17, 15) is 4.79 Å². The van der Waals surface area contributed by atoms with Crippen molar-refractivity contribution in [3.8, 4) is 0 Å². The maximum Gasteiger partial charge on any atom is 0.335 e. The van der Waals surface area contributed by atoms with Crippen molar-refractivity contribution in [1.29, 1.82) is 0 Å². The van der Waals surface area contributed by atoms with E-state index < -0.39 is 5.97 Å². The summed E-state index contributed by atoms with van der Waals surface area (Å²) in [5.74, 6) is -0.511. The minimum absolute atomic E-state index is 0.191. The highest BCUT2D eigenvalue weighted by Gasteiger charge is 2.26. The van der Waals surface area contributed by atoms with Gasteiger partial charge in [0.2, 0.25) is 0 Å². The summed E-state index contributed by atoms with van der Waals surface area (Å²) >= 11 is 0. The van der Waals surface area contributed by atoms with E-state index in [2.05, 4.69) is 6.08 Å². The molecule has 0 fully saturated rings. The largest absolute Gasteiger partial charge is 0.478 e. The van der Waals surface area contributed by atoms with Crippen molar-refractivity contribution in [3.63, 3.8) is 0 Å². The van der Waals surface area contributed by atoms with Crippen LogP contribution in [0.4, 0.5) is 0 Å². The monoisotopic (exact) mass is 177 g/mol. The highest BCUT2D eigenvalue weighted by atomic mass is 16.4. The van der Waals surface area contributed by atoms with E-state index in [1.54, 1.807) is 12.2 Å². The summed E-state index contributed by atoms with van der Waals surface area (Å²) in [6.45, 7) is 0. The minimum atomic E-state index is -0.852. The molecule has 0 aromatic rings. The normalized spacial score (nSPS) is 30.2. The molecule has 1 aliphatic heterocycles. The van der Waals surface area contributed by atoms with Crippen LogP contribution in [0.15, 0.2) is 36.1 Å². The number of carboxylic acids is 1. The van der Waals surface area contributed by atoms with Crippen molar-refractivity contribution in [1.82, 2.24) is 4.90 Å². The van der Waals surface area contributed by atoms with Crippen LogP contribution in [0.1, 0.15) is 0 Å². The Kier molecular flexibility index (Phi) is 1.72. The number of aliphatic carboxylic acids is 1. The molecule has 2 aliphatic rings. The fourth-order valence-electron chi connectivity index (χ4n) is 1.72. The van der Waals surface area contributed by atoms with Crippen LogP contribution in [0.5, 0.6) is 0 Å². The van der Waals surface area contributed by atoms with E-state index >= 15 is 0 Å². The van der Waals surface area contributed by atoms with E-state index in [0.717, 1.165) is 0 Å². The highest BCUT2D eigenvalue weighted by molar-refractivity contribution is 5.90. The van der Waals surface area contributed by atoms with Gasteiger partial charge in [-0.3, -0.25) is 0 Å². The van der Waals surface area contributed by atoms with Crippen molar-refractivity contribution in [2.75, 3.05) is 7.05 Å². The highest BCUT2D eigenvalue weighted by Crippen LogP contribution is 2.27. The fraction of sp³-hybridized carbons (Fsp3) is 0.300. The quantitative estimate of drug-likeness (QED) is 0.649. The molecule has 68 valence electrons. The third kappa shape index (κ3) is 1.26. The summed E-state index contributed by atoms with van der Waals surface area (Å²) in [5.41, 5.74) is 0.386. The van der Waals surface area contributed by atoms with Crippen LogP contribution in [0.3, 0.4) is 0 Å². The van der Waals surface area contributed by atoms with Crippen LogP contribution in [0, 0.1) is 5.92 Å². The van der Waals surface area contributed by atoms with Gasteiger partial charge < -0.3 is 10.0 Å². The van der Waals surface area contributed by atoms with Gasteiger partial charge in [0.25, 0.3) is 0 Å². The van der Waals surface area contributed by atoms with Gasteiger partial charge in [-0.2, -0.15) is 0 Å². The smallest absolute Gasteiger partial charge is 0.335 e. The average molecular weight is 177 g/mol. The van der Waals surface area contributed by atoms with Gasteiger partial charge in [-0.15, -0.1) is 0 Å². The lowest BCUT2D eigenvalue weighted by Gasteiger charge is -2.24. The average Bonchev–Trinajstić information content (AvgIpc) is 2.47. The molecule has 3 nitrogen and oxygen atoms in total. The van der Waals surface area contributed by atoms with E-state index in [-0.39, 0.29) is 6.04 Å². The summed E-state index contributed by atoms with van der Waals surface area (Å²) in [4.78, 5) is 12.7. The zero-order valence-electron chi connectivity index (χ0n) is 7.34. The van der Waals surface area contributed by atoms with Crippen LogP contribution in [0.2, 0.25) is 0 Å². The van der Waals surface area contributed by atoms with Gasteiger partial charge in [-0.05, 0) is 12.3 Å². The third-order valence-corrected chi connectivity index (χ3v) is 2.50. The summed E-state index contributed by atoms with van der Waals surface area (Å²) in [5, 5.41) is 8.79. The van der Waals surface area contributed by atoms with E-state index in [4.69, 9.17) is 5.11 Å². The zero-order chi connectivity index (χ0) is 9.42. The number of hydrogen-bond acceptors (Lipinski definition) is 2. The van der Waals surface area contributed by atoms with Crippen LogP contribution in [0.25, 0.3) is 0 Å². The van der Waals surface area contributed by atoms with Crippen molar-refractivity contribution in [2.45, 2.75) is 6.04 Å². The van der Waals surface area contributed by atoms with Crippen LogP contribution >= 0.6 is 0 Å². The van der Waals surface area contributed by atoms with Gasteiger partial charge in [0.05, 0.1) is 11.6 Å². The van der Waals surface area contributed by atoms with Gasteiger partial charge in [0, 0.05) is 13.0 Å². The van der Waals surface area contributed by atoms with Crippen molar-refractivity contribution >= 4 is 5.97 Å². The first-order chi connectivity index (χ1) is 6.18. The van der Waals surface area contributed by atoms with Gasteiger partial charge in [-0.25, -0.2) is 4.79 Å². The molecule has 1 aliphatic carbocycles. The van der Waals surface area contributed by atoms with Gasteiger partial charge in [-0.1, -0.05) is 18.2 Å². The summed E-state index contributed by atoms with van der Waals surface area (Å²) in [7, 11) is 1.95. The molecule has 0 aromatic carbocycles. The van der Waals surface area contributed by atoms with Gasteiger partial charge >= 0.3 is 5.97 Å². The standard InChI is InChI=1S/C10H11NO2/c1-11-5-4-7-2-3-8(10(12)13)6-9(7)11/h2-7,9H,1H3,(H,12,13). The topological polar surface area (TPSA) is 40.5 Å². The van der Waals surface area contributed by atoms with Crippen molar-refractivity contribution < 1.29 is 9.90 Å². The van der Waals surface area contributed by atoms with E-state index in [1.807, 2.05) is 24.2 Å². The predicted octanol–water partition coefficient (Wildman–Crippen LogP) is 1.01. The molecule has 0 amide bonds. The van der Waals surface area contributed by atoms with Crippen molar-refractivity contribution in [3.05, 3.63) is 36.1 Å². The zero-order valence-corrected chi connectivity index (χ0v) is 7.34. The van der Waals surface area contributed by atoms with Crippen LogP contribution in [-0.4, -0.2) is 29.1 Å². The fourth-order valence-corrected chi connectivity index (χ4v) is 1.72. The Morgan fingerprint density at radius 1 is 1.54 bits per heavy atom. The molecule has 0 bridgehead atoms. The molecule has 0 saturated carbocycles. The molecule has 1 N–H and O–H groups in total. The number of rotatable bonds is 1. The Morgan fingerprint density at radius 2 is 2.31 bits per heavy atom. The molecular weight excluding hydrogens is 166 g/mol. The van der Waals surface area contributed by atoms with E-state index in [1.165, 1.54) is 0 Å². The Bertz CT molecular complexity index is 328. The molecule has 2 atom stereocenters. The maximum atomic E-state index is 10.7. The molecule has 3 heteroatoms. The number of carbonyl (C=O) groups is 1. The summed E-state index contributed by atoms with van der Waals surface area (Å²) < 4.78 is 0. The predicted molar refractivity (Wildman–Crippen MR) is 49.0 cm³/mol. The summed E-state index contributed by atoms with van der Waals surface area (Å²) in [6, 6.07) is 0.191. The molecule has 0 aromatic heterocycles. The molecule has 2 unspecified atom stereocenters. The third-order valence-electron chi connectivity index (χ3n) is 2.50. The Hall–Kier alpha value is -1.51. The second-order valence-corrected chi connectivity index (χ2v) is 3.36. The molecule has 2 rings (SSSR count). The molecular formula is C10H11NO2. The Labute approximate surface area is 76.7 Å². The first-order valence-corrected chi connectivity index (χ1v) is 4.22. The maximum absolute atomic E-state index is 10.7.